The van der Waals surface area contributed by atoms with Crippen LogP contribution in [-0.4, -0.2) is 23.6 Å². The molecule has 2 amide bonds. The first-order chi connectivity index (χ1) is 7.66. The second-order valence-corrected chi connectivity index (χ2v) is 3.50. The molecule has 0 saturated carbocycles. The molecule has 0 bridgehead atoms. The van der Waals surface area contributed by atoms with Crippen LogP contribution < -0.4 is 10.6 Å². The molecule has 1 unspecified atom stereocenters. The molecular formula is C11H10N2O3. The van der Waals surface area contributed by atoms with Crippen molar-refractivity contribution in [3.05, 3.63) is 30.3 Å². The molecule has 1 aliphatic rings. The molecule has 0 spiro atoms. The van der Waals surface area contributed by atoms with Crippen LogP contribution in [0.4, 0.5) is 5.69 Å². The molecule has 1 atom stereocenters. The molecule has 0 aromatic heterocycles. The van der Waals surface area contributed by atoms with Crippen LogP contribution in [0.15, 0.2) is 30.3 Å². The number of hydrogen-bond donors (Lipinski definition) is 2. The molecule has 5 heteroatoms. The minimum atomic E-state index is -0.972. The molecule has 2 N–H and O–H groups in total. The number of Topliss-reactive ketones (excluding diaryl/α,β-unsaturated/α-hetero) is 1. The lowest BCUT2D eigenvalue weighted by Crippen LogP contribution is -2.53. The Morgan fingerprint density at radius 3 is 2.44 bits per heavy atom. The molecule has 0 radical (unpaired) electrons. The molecule has 1 aliphatic heterocycles. The number of carbonyl (C=O) groups is 3. The van der Waals surface area contributed by atoms with E-state index < -0.39 is 23.6 Å². The lowest BCUT2D eigenvalue weighted by atomic mass is 10.0. The minimum Gasteiger partial charge on any atom is -0.368 e. The van der Waals surface area contributed by atoms with Crippen molar-refractivity contribution in [2.75, 3.05) is 5.32 Å². The van der Waals surface area contributed by atoms with Crippen LogP contribution in [0.3, 0.4) is 0 Å². The molecular weight excluding hydrogens is 208 g/mol. The van der Waals surface area contributed by atoms with Crippen LogP contribution in [0, 0.1) is 0 Å². The van der Waals surface area contributed by atoms with Crippen molar-refractivity contribution in [1.29, 1.82) is 0 Å². The predicted molar refractivity (Wildman–Crippen MR) is 56.6 cm³/mol. The smallest absolute Gasteiger partial charge is 0.256 e. The molecule has 0 aliphatic carbocycles. The van der Waals surface area contributed by atoms with Crippen LogP contribution >= 0.6 is 0 Å². The molecule has 1 aromatic rings. The van der Waals surface area contributed by atoms with Crippen molar-refractivity contribution >= 4 is 23.3 Å². The number of amides is 2. The van der Waals surface area contributed by atoms with Crippen molar-refractivity contribution < 1.29 is 14.4 Å². The number of carbonyl (C=O) groups excluding carboxylic acids is 3. The molecule has 16 heavy (non-hydrogen) atoms. The van der Waals surface area contributed by atoms with Crippen LogP contribution in [-0.2, 0) is 14.4 Å². The van der Waals surface area contributed by atoms with Gasteiger partial charge in [-0.05, 0) is 12.1 Å². The van der Waals surface area contributed by atoms with E-state index in [0.29, 0.717) is 5.69 Å². The number of para-hydroxylation sites is 1. The second kappa shape index (κ2) is 4.14. The van der Waals surface area contributed by atoms with Gasteiger partial charge in [0.15, 0.2) is 11.8 Å². The summed E-state index contributed by atoms with van der Waals surface area (Å²) in [6.07, 6.45) is -0.254. The highest BCUT2D eigenvalue weighted by Crippen LogP contribution is 2.10. The van der Waals surface area contributed by atoms with Gasteiger partial charge in [-0.3, -0.25) is 19.7 Å². The number of hydrogen-bond acceptors (Lipinski definition) is 4. The van der Waals surface area contributed by atoms with Crippen LogP contribution in [0.25, 0.3) is 0 Å². The predicted octanol–water partition coefficient (Wildman–Crippen LogP) is 0.0827. The Morgan fingerprint density at radius 1 is 1.12 bits per heavy atom. The van der Waals surface area contributed by atoms with Gasteiger partial charge in [-0.2, -0.15) is 0 Å². The SMILES string of the molecule is O=C1CC(=O)C(Nc2ccccc2)C(=O)N1. The van der Waals surface area contributed by atoms with E-state index in [1.165, 1.54) is 0 Å². The van der Waals surface area contributed by atoms with Gasteiger partial charge in [-0.15, -0.1) is 0 Å². The third kappa shape index (κ3) is 2.08. The fourth-order valence-electron chi connectivity index (χ4n) is 1.51. The van der Waals surface area contributed by atoms with E-state index in [4.69, 9.17) is 0 Å². The molecule has 5 nitrogen and oxygen atoms in total. The van der Waals surface area contributed by atoms with E-state index in [-0.39, 0.29) is 6.42 Å². The van der Waals surface area contributed by atoms with Gasteiger partial charge in [0, 0.05) is 5.69 Å². The standard InChI is InChI=1S/C11H10N2O3/c14-8-6-9(15)13-11(16)10(8)12-7-4-2-1-3-5-7/h1-5,10,12H,6H2,(H,13,15,16). The van der Waals surface area contributed by atoms with Crippen LogP contribution in [0.2, 0.25) is 0 Å². The number of nitrogens with one attached hydrogen (secondary N) is 2. The van der Waals surface area contributed by atoms with Gasteiger partial charge in [0.25, 0.3) is 5.91 Å². The highest BCUT2D eigenvalue weighted by molar-refractivity contribution is 6.22. The lowest BCUT2D eigenvalue weighted by molar-refractivity contribution is -0.139. The van der Waals surface area contributed by atoms with Crippen LogP contribution in [0.5, 0.6) is 0 Å². The Labute approximate surface area is 91.8 Å². The summed E-state index contributed by atoms with van der Waals surface area (Å²) in [6, 6.07) is 7.93. The topological polar surface area (TPSA) is 75.3 Å². The lowest BCUT2D eigenvalue weighted by Gasteiger charge is -2.21. The first kappa shape index (κ1) is 10.4. The van der Waals surface area contributed by atoms with Gasteiger partial charge in [0.1, 0.15) is 0 Å². The Balaban J connectivity index is 2.13. The van der Waals surface area contributed by atoms with Crippen molar-refractivity contribution in [3.63, 3.8) is 0 Å². The van der Waals surface area contributed by atoms with Gasteiger partial charge in [0.05, 0.1) is 6.42 Å². The second-order valence-electron chi connectivity index (χ2n) is 3.50. The van der Waals surface area contributed by atoms with E-state index in [1.54, 1.807) is 24.3 Å². The molecule has 1 fully saturated rings. The van der Waals surface area contributed by atoms with E-state index in [0.717, 1.165) is 0 Å². The molecule has 1 heterocycles. The minimum absolute atomic E-state index is 0.254. The summed E-state index contributed by atoms with van der Waals surface area (Å²) in [5, 5.41) is 4.91. The summed E-state index contributed by atoms with van der Waals surface area (Å²) in [5.74, 6) is -1.54. The van der Waals surface area contributed by atoms with Crippen molar-refractivity contribution in [1.82, 2.24) is 5.32 Å². The maximum Gasteiger partial charge on any atom is 0.256 e. The van der Waals surface area contributed by atoms with E-state index in [2.05, 4.69) is 10.6 Å². The normalized spacial score (nSPS) is 20.5. The Bertz CT molecular complexity index is 422. The summed E-state index contributed by atoms with van der Waals surface area (Å²) < 4.78 is 0. The zero-order chi connectivity index (χ0) is 11.5. The van der Waals surface area contributed by atoms with Gasteiger partial charge in [0.2, 0.25) is 5.91 Å². The van der Waals surface area contributed by atoms with Gasteiger partial charge in [-0.25, -0.2) is 0 Å². The van der Waals surface area contributed by atoms with Crippen molar-refractivity contribution in [2.24, 2.45) is 0 Å². The maximum absolute atomic E-state index is 11.5. The third-order valence-corrected chi connectivity index (χ3v) is 2.27. The fraction of sp³-hybridized carbons (Fsp3) is 0.182. The third-order valence-electron chi connectivity index (χ3n) is 2.27. The highest BCUT2D eigenvalue weighted by atomic mass is 16.2. The van der Waals surface area contributed by atoms with E-state index >= 15 is 0 Å². The Kier molecular flexibility index (Phi) is 2.68. The largest absolute Gasteiger partial charge is 0.368 e. The quantitative estimate of drug-likeness (QED) is 0.544. The molecule has 1 aromatic carbocycles. The first-order valence-electron chi connectivity index (χ1n) is 4.85. The number of benzene rings is 1. The number of rotatable bonds is 2. The number of imide groups is 1. The number of ketones is 1. The Morgan fingerprint density at radius 2 is 1.81 bits per heavy atom. The average molecular weight is 218 g/mol. The van der Waals surface area contributed by atoms with Crippen LogP contribution in [0.1, 0.15) is 6.42 Å². The van der Waals surface area contributed by atoms with E-state index in [1.807, 2.05) is 6.07 Å². The molecule has 2 rings (SSSR count). The average Bonchev–Trinajstić information content (AvgIpc) is 2.25. The first-order valence-corrected chi connectivity index (χ1v) is 4.85. The summed E-state index contributed by atoms with van der Waals surface area (Å²) in [4.78, 5) is 33.8. The monoisotopic (exact) mass is 218 g/mol. The van der Waals surface area contributed by atoms with Crippen molar-refractivity contribution in [3.8, 4) is 0 Å². The molecule has 1 saturated heterocycles. The van der Waals surface area contributed by atoms with Gasteiger partial charge >= 0.3 is 0 Å². The van der Waals surface area contributed by atoms with E-state index in [9.17, 15) is 14.4 Å². The van der Waals surface area contributed by atoms with Gasteiger partial charge in [-0.1, -0.05) is 18.2 Å². The summed E-state index contributed by atoms with van der Waals surface area (Å²) in [5.41, 5.74) is 0.672. The maximum atomic E-state index is 11.5. The van der Waals surface area contributed by atoms with Crippen molar-refractivity contribution in [2.45, 2.75) is 12.5 Å². The fourth-order valence-corrected chi connectivity index (χ4v) is 1.51. The number of piperidine rings is 1. The summed E-state index contributed by atoms with van der Waals surface area (Å²) in [7, 11) is 0. The zero-order valence-electron chi connectivity index (χ0n) is 8.40. The number of anilines is 1. The summed E-state index contributed by atoms with van der Waals surface area (Å²) in [6.45, 7) is 0. The summed E-state index contributed by atoms with van der Waals surface area (Å²) >= 11 is 0. The highest BCUT2D eigenvalue weighted by Gasteiger charge is 2.33. The van der Waals surface area contributed by atoms with Gasteiger partial charge < -0.3 is 5.32 Å². The molecule has 82 valence electrons. The zero-order valence-corrected chi connectivity index (χ0v) is 8.40. The Hall–Kier alpha value is -2.17.